The van der Waals surface area contributed by atoms with Crippen molar-refractivity contribution in [1.29, 1.82) is 0 Å². The van der Waals surface area contributed by atoms with Crippen LogP contribution in [0, 0.1) is 0 Å². The fraction of sp³-hybridized carbons (Fsp3) is 0.217. The molecule has 11 nitrogen and oxygen atoms in total. The van der Waals surface area contributed by atoms with Crippen molar-refractivity contribution in [2.24, 2.45) is 5.10 Å². The predicted octanol–water partition coefficient (Wildman–Crippen LogP) is 2.52. The lowest BCUT2D eigenvalue weighted by Gasteiger charge is -2.08. The number of thioether (sulfide) groups is 1. The molecule has 4 aromatic rings. The van der Waals surface area contributed by atoms with Gasteiger partial charge in [-0.05, 0) is 24.3 Å². The van der Waals surface area contributed by atoms with Crippen molar-refractivity contribution in [3.05, 3.63) is 66.5 Å². The third-order valence-corrected chi connectivity index (χ3v) is 5.95. The summed E-state index contributed by atoms with van der Waals surface area (Å²) in [7, 11) is 3.14. The summed E-state index contributed by atoms with van der Waals surface area (Å²) >= 11 is 1.26. The third-order valence-electron chi connectivity index (χ3n) is 4.98. The summed E-state index contributed by atoms with van der Waals surface area (Å²) in [6.07, 6.45) is 3.27. The molecule has 0 unspecified atom stereocenters. The van der Waals surface area contributed by atoms with E-state index in [4.69, 9.17) is 9.47 Å². The van der Waals surface area contributed by atoms with E-state index < -0.39 is 0 Å². The molecule has 12 heteroatoms. The van der Waals surface area contributed by atoms with Crippen LogP contribution in [0.15, 0.2) is 65.4 Å². The van der Waals surface area contributed by atoms with Gasteiger partial charge in [-0.1, -0.05) is 35.2 Å². The lowest BCUT2D eigenvalue weighted by molar-refractivity contribution is -0.118. The highest BCUT2D eigenvalue weighted by Gasteiger charge is 2.15. The van der Waals surface area contributed by atoms with Crippen molar-refractivity contribution in [3.63, 3.8) is 0 Å². The number of methoxy groups -OCH3 is 2. The molecule has 4 rings (SSSR count). The number of para-hydroxylation sites is 1. The Bertz CT molecular complexity index is 1360. The maximum absolute atomic E-state index is 12.3. The molecule has 0 atom stereocenters. The smallest absolute Gasteiger partial charge is 0.250 e. The average molecular weight is 493 g/mol. The Kier molecular flexibility index (Phi) is 7.73. The highest BCUT2D eigenvalue weighted by molar-refractivity contribution is 7.99. The van der Waals surface area contributed by atoms with Gasteiger partial charge in [0.1, 0.15) is 23.6 Å². The van der Waals surface area contributed by atoms with E-state index in [1.165, 1.54) is 18.0 Å². The fourth-order valence-electron chi connectivity index (χ4n) is 3.28. The van der Waals surface area contributed by atoms with Crippen LogP contribution in [0.3, 0.4) is 0 Å². The number of nitrogens with one attached hydrogen (secondary N) is 1. The highest BCUT2D eigenvalue weighted by atomic mass is 32.2. The quantitative estimate of drug-likeness (QED) is 0.147. The van der Waals surface area contributed by atoms with Gasteiger partial charge in [0.2, 0.25) is 0 Å². The normalized spacial score (nSPS) is 11.1. The molecular weight excluding hydrogens is 468 g/mol. The maximum atomic E-state index is 12.3. The van der Waals surface area contributed by atoms with Crippen molar-refractivity contribution < 1.29 is 14.3 Å². The summed E-state index contributed by atoms with van der Waals surface area (Å²) in [6, 6.07) is 13.0. The average Bonchev–Trinajstić information content (AvgIpc) is 3.47. The van der Waals surface area contributed by atoms with Gasteiger partial charge in [0.15, 0.2) is 11.0 Å². The number of amides is 1. The van der Waals surface area contributed by atoms with Gasteiger partial charge in [0.05, 0.1) is 31.7 Å². The summed E-state index contributed by atoms with van der Waals surface area (Å²) in [5, 5.41) is 21.6. The molecule has 0 saturated carbocycles. The summed E-state index contributed by atoms with van der Waals surface area (Å²) in [6.45, 7) is 4.70. The van der Waals surface area contributed by atoms with Gasteiger partial charge in [-0.3, -0.25) is 4.79 Å². The fourth-order valence-corrected chi connectivity index (χ4v) is 4.04. The monoisotopic (exact) mass is 492 g/mol. The summed E-state index contributed by atoms with van der Waals surface area (Å²) in [4.78, 5) is 12.3. The maximum Gasteiger partial charge on any atom is 0.250 e. The lowest BCUT2D eigenvalue weighted by atomic mass is 10.2. The molecule has 1 amide bonds. The zero-order valence-electron chi connectivity index (χ0n) is 19.3. The Hall–Kier alpha value is -4.19. The Morgan fingerprint density at radius 1 is 1.17 bits per heavy atom. The van der Waals surface area contributed by atoms with Gasteiger partial charge in [-0.2, -0.15) is 5.10 Å². The van der Waals surface area contributed by atoms with Crippen molar-refractivity contribution >= 4 is 34.9 Å². The molecule has 180 valence electrons. The first-order valence-corrected chi connectivity index (χ1v) is 11.6. The predicted molar refractivity (Wildman–Crippen MR) is 133 cm³/mol. The van der Waals surface area contributed by atoms with E-state index >= 15 is 0 Å². The number of benzene rings is 2. The number of ether oxygens (including phenoxy) is 2. The zero-order chi connectivity index (χ0) is 24.6. The van der Waals surface area contributed by atoms with Crippen LogP contribution in [0.4, 0.5) is 0 Å². The number of hydrazone groups is 1. The minimum atomic E-state index is -0.282. The molecule has 0 radical (unpaired) electrons. The first-order valence-electron chi connectivity index (χ1n) is 10.6. The molecule has 0 aliphatic carbocycles. The molecule has 0 bridgehead atoms. The molecule has 2 heterocycles. The number of hydrogen-bond acceptors (Lipinski definition) is 9. The zero-order valence-corrected chi connectivity index (χ0v) is 20.1. The molecule has 2 aromatic heterocycles. The van der Waals surface area contributed by atoms with Gasteiger partial charge in [0.25, 0.3) is 5.91 Å². The third kappa shape index (κ3) is 5.66. The molecule has 0 spiro atoms. The van der Waals surface area contributed by atoms with Crippen molar-refractivity contribution in [3.8, 4) is 11.5 Å². The number of rotatable bonds is 11. The molecule has 35 heavy (non-hydrogen) atoms. The van der Waals surface area contributed by atoms with Crippen LogP contribution in [0.2, 0.25) is 0 Å². The van der Waals surface area contributed by atoms with E-state index in [1.54, 1.807) is 43.2 Å². The second kappa shape index (κ2) is 11.3. The Morgan fingerprint density at radius 3 is 2.83 bits per heavy atom. The molecule has 0 aliphatic rings. The Balaban J connectivity index is 1.38. The summed E-state index contributed by atoms with van der Waals surface area (Å²) in [5.74, 6) is 1.77. The van der Waals surface area contributed by atoms with Crippen molar-refractivity contribution in [2.45, 2.75) is 18.2 Å². The van der Waals surface area contributed by atoms with Crippen LogP contribution in [0.1, 0.15) is 11.4 Å². The van der Waals surface area contributed by atoms with E-state index in [1.807, 2.05) is 28.8 Å². The summed E-state index contributed by atoms with van der Waals surface area (Å²) < 4.78 is 14.2. The van der Waals surface area contributed by atoms with Gasteiger partial charge in [0, 0.05) is 18.2 Å². The van der Waals surface area contributed by atoms with Gasteiger partial charge in [-0.15, -0.1) is 21.9 Å². The second-order valence-electron chi connectivity index (χ2n) is 7.22. The number of carbonyl (C=O) groups excluding carboxylic acids is 1. The van der Waals surface area contributed by atoms with Gasteiger partial charge >= 0.3 is 0 Å². The molecular formula is C23H24N8O3S. The van der Waals surface area contributed by atoms with E-state index in [2.05, 4.69) is 37.6 Å². The highest BCUT2D eigenvalue weighted by Crippen LogP contribution is 2.23. The van der Waals surface area contributed by atoms with Crippen molar-refractivity contribution in [1.82, 2.24) is 35.2 Å². The number of allylic oxidation sites excluding steroid dienone is 1. The molecule has 1 N–H and O–H groups in total. The Morgan fingerprint density at radius 2 is 2.03 bits per heavy atom. The standard InChI is InChI=1S/C23H24N8O3S/c1-4-11-30-21(14-31-19-8-6-5-7-18(19)25-29-31)26-28-23(30)35-15-22(32)27-24-13-16-9-10-17(33-2)12-20(16)34-3/h4-10,12-13H,1,11,14-15H2,2-3H3,(H,27,32)/b24-13+. The lowest BCUT2D eigenvalue weighted by Crippen LogP contribution is -2.20. The van der Waals surface area contributed by atoms with Crippen molar-refractivity contribution in [2.75, 3.05) is 20.0 Å². The molecule has 0 saturated heterocycles. The van der Waals surface area contributed by atoms with Crippen LogP contribution in [0.5, 0.6) is 11.5 Å². The van der Waals surface area contributed by atoms with Crippen LogP contribution in [-0.2, 0) is 17.9 Å². The Labute approximate surface area is 205 Å². The number of carbonyl (C=O) groups is 1. The van der Waals surface area contributed by atoms with Crippen LogP contribution in [-0.4, -0.2) is 61.9 Å². The van der Waals surface area contributed by atoms with Crippen LogP contribution < -0.4 is 14.9 Å². The van der Waals surface area contributed by atoms with E-state index in [9.17, 15) is 4.79 Å². The number of fused-ring (bicyclic) bond motifs is 1. The summed E-state index contributed by atoms with van der Waals surface area (Å²) in [5.41, 5.74) is 4.93. The molecule has 0 fully saturated rings. The first kappa shape index (κ1) is 24.0. The topological polar surface area (TPSA) is 121 Å². The number of nitrogens with zero attached hydrogens (tertiary/aromatic N) is 7. The SMILES string of the molecule is C=CCn1c(Cn2nnc3ccccc32)nnc1SCC(=O)N/N=C/c1ccc(OC)cc1OC. The minimum Gasteiger partial charge on any atom is -0.497 e. The van der Waals surface area contributed by atoms with Gasteiger partial charge in [-0.25, -0.2) is 10.1 Å². The largest absolute Gasteiger partial charge is 0.497 e. The van der Waals surface area contributed by atoms with Crippen LogP contribution >= 0.6 is 11.8 Å². The first-order chi connectivity index (χ1) is 17.1. The molecule has 2 aromatic carbocycles. The van der Waals surface area contributed by atoms with E-state index in [0.29, 0.717) is 41.1 Å². The van der Waals surface area contributed by atoms with Gasteiger partial charge < -0.3 is 14.0 Å². The molecule has 0 aliphatic heterocycles. The minimum absolute atomic E-state index is 0.110. The van der Waals surface area contributed by atoms with E-state index in [-0.39, 0.29) is 11.7 Å². The second-order valence-corrected chi connectivity index (χ2v) is 8.17. The van der Waals surface area contributed by atoms with Crippen LogP contribution in [0.25, 0.3) is 11.0 Å². The number of hydrogen-bond donors (Lipinski definition) is 1. The van der Waals surface area contributed by atoms with E-state index in [0.717, 1.165) is 11.0 Å². The number of aromatic nitrogens is 6.